The second-order valence-corrected chi connectivity index (χ2v) is 6.32. The van der Waals surface area contributed by atoms with E-state index in [0.717, 1.165) is 10.0 Å². The molecule has 2 rings (SSSR count). The Hall–Kier alpha value is -1.85. The van der Waals surface area contributed by atoms with Gasteiger partial charge >= 0.3 is 0 Å². The minimum atomic E-state index is -0.344. The molecule has 0 aliphatic rings. The van der Waals surface area contributed by atoms with Gasteiger partial charge in [0.15, 0.2) is 0 Å². The van der Waals surface area contributed by atoms with E-state index in [4.69, 9.17) is 11.6 Å². The van der Waals surface area contributed by atoms with Crippen LogP contribution in [0.2, 0.25) is 5.02 Å². The van der Waals surface area contributed by atoms with Crippen molar-refractivity contribution in [3.05, 3.63) is 63.6 Å². The van der Waals surface area contributed by atoms with Crippen LogP contribution < -0.4 is 10.6 Å². The molecule has 2 aromatic carbocycles. The number of rotatable bonds is 6. The van der Waals surface area contributed by atoms with Gasteiger partial charge in [-0.2, -0.15) is 0 Å². The first-order chi connectivity index (χ1) is 11.0. The molecule has 2 N–H and O–H groups in total. The van der Waals surface area contributed by atoms with Crippen molar-refractivity contribution in [3.63, 3.8) is 0 Å². The Balaban J connectivity index is 1.73. The van der Waals surface area contributed by atoms with Crippen LogP contribution in [0.25, 0.3) is 0 Å². The van der Waals surface area contributed by atoms with Crippen LogP contribution in [0.3, 0.4) is 0 Å². The SMILES string of the molecule is O=C(CC(=O)Nc1cccc(Br)c1)NCCc1cccc(Cl)c1. The Morgan fingerprint density at radius 3 is 2.57 bits per heavy atom. The average Bonchev–Trinajstić information content (AvgIpc) is 2.47. The second-order valence-electron chi connectivity index (χ2n) is 4.97. The van der Waals surface area contributed by atoms with Gasteiger partial charge in [0.25, 0.3) is 0 Å². The first kappa shape index (κ1) is 17.5. The highest BCUT2D eigenvalue weighted by Crippen LogP contribution is 2.15. The molecule has 0 saturated carbocycles. The zero-order valence-electron chi connectivity index (χ0n) is 12.3. The number of nitrogens with one attached hydrogen (secondary N) is 2. The monoisotopic (exact) mass is 394 g/mol. The minimum absolute atomic E-state index is 0.206. The quantitative estimate of drug-likeness (QED) is 0.731. The number of halogens is 2. The Bertz CT molecular complexity index is 706. The van der Waals surface area contributed by atoms with Crippen LogP contribution in [0.5, 0.6) is 0 Å². The summed E-state index contributed by atoms with van der Waals surface area (Å²) in [5.74, 6) is -0.650. The largest absolute Gasteiger partial charge is 0.355 e. The van der Waals surface area contributed by atoms with Gasteiger partial charge < -0.3 is 10.6 Å². The van der Waals surface area contributed by atoms with Gasteiger partial charge in [-0.1, -0.05) is 45.7 Å². The summed E-state index contributed by atoms with van der Waals surface area (Å²) < 4.78 is 0.862. The van der Waals surface area contributed by atoms with Crippen molar-refractivity contribution in [2.75, 3.05) is 11.9 Å². The Labute approximate surface area is 148 Å². The smallest absolute Gasteiger partial charge is 0.233 e. The molecule has 0 fully saturated rings. The van der Waals surface area contributed by atoms with Gasteiger partial charge in [-0.15, -0.1) is 0 Å². The first-order valence-electron chi connectivity index (χ1n) is 7.09. The lowest BCUT2D eigenvalue weighted by molar-refractivity contribution is -0.126. The van der Waals surface area contributed by atoms with Gasteiger partial charge in [-0.25, -0.2) is 0 Å². The molecule has 2 amide bonds. The van der Waals surface area contributed by atoms with E-state index in [9.17, 15) is 9.59 Å². The van der Waals surface area contributed by atoms with E-state index in [1.165, 1.54) is 0 Å². The highest BCUT2D eigenvalue weighted by atomic mass is 79.9. The van der Waals surface area contributed by atoms with E-state index in [1.807, 2.05) is 30.3 Å². The maximum atomic E-state index is 11.8. The molecule has 6 heteroatoms. The summed E-state index contributed by atoms with van der Waals surface area (Å²) in [5, 5.41) is 6.08. The molecule has 0 heterocycles. The minimum Gasteiger partial charge on any atom is -0.355 e. The normalized spacial score (nSPS) is 10.2. The average molecular weight is 396 g/mol. The van der Waals surface area contributed by atoms with Crippen LogP contribution in [0.1, 0.15) is 12.0 Å². The summed E-state index contributed by atoms with van der Waals surface area (Å²) >= 11 is 9.22. The third-order valence-corrected chi connectivity index (χ3v) is 3.78. The summed E-state index contributed by atoms with van der Waals surface area (Å²) in [7, 11) is 0. The molecule has 0 radical (unpaired) electrons. The van der Waals surface area contributed by atoms with E-state index in [1.54, 1.807) is 18.2 Å². The number of anilines is 1. The maximum absolute atomic E-state index is 11.8. The van der Waals surface area contributed by atoms with Crippen LogP contribution in [0, 0.1) is 0 Å². The van der Waals surface area contributed by atoms with Gasteiger partial charge in [0.2, 0.25) is 11.8 Å². The van der Waals surface area contributed by atoms with Crippen LogP contribution in [0.4, 0.5) is 5.69 Å². The van der Waals surface area contributed by atoms with Gasteiger partial charge in [-0.05, 0) is 42.3 Å². The fourth-order valence-corrected chi connectivity index (χ4v) is 2.63. The number of amides is 2. The Kier molecular flexibility index (Phi) is 6.62. The highest BCUT2D eigenvalue weighted by molar-refractivity contribution is 9.10. The van der Waals surface area contributed by atoms with E-state index < -0.39 is 0 Å². The van der Waals surface area contributed by atoms with E-state index in [0.29, 0.717) is 23.7 Å². The molecule has 0 atom stereocenters. The lowest BCUT2D eigenvalue weighted by atomic mass is 10.1. The van der Waals surface area contributed by atoms with Crippen molar-refractivity contribution < 1.29 is 9.59 Å². The van der Waals surface area contributed by atoms with Crippen molar-refractivity contribution in [2.24, 2.45) is 0 Å². The molecule has 0 spiro atoms. The number of carbonyl (C=O) groups excluding carboxylic acids is 2. The van der Waals surface area contributed by atoms with E-state index >= 15 is 0 Å². The Morgan fingerprint density at radius 1 is 1.04 bits per heavy atom. The van der Waals surface area contributed by atoms with E-state index in [-0.39, 0.29) is 18.2 Å². The summed E-state index contributed by atoms with van der Waals surface area (Å²) in [6.45, 7) is 0.462. The van der Waals surface area contributed by atoms with Crippen LogP contribution in [-0.4, -0.2) is 18.4 Å². The fourth-order valence-electron chi connectivity index (χ4n) is 2.02. The summed E-state index contributed by atoms with van der Waals surface area (Å²) in [4.78, 5) is 23.6. The predicted octanol–water partition coefficient (Wildman–Crippen LogP) is 3.79. The topological polar surface area (TPSA) is 58.2 Å². The predicted molar refractivity (Wildman–Crippen MR) is 95.6 cm³/mol. The third-order valence-electron chi connectivity index (χ3n) is 3.05. The molecule has 0 aliphatic carbocycles. The van der Waals surface area contributed by atoms with Crippen molar-refractivity contribution in [3.8, 4) is 0 Å². The molecule has 120 valence electrons. The lowest BCUT2D eigenvalue weighted by Crippen LogP contribution is -2.29. The van der Waals surface area contributed by atoms with Gasteiger partial charge in [0.05, 0.1) is 0 Å². The molecule has 23 heavy (non-hydrogen) atoms. The molecule has 0 bridgehead atoms. The third kappa shape index (κ3) is 6.42. The van der Waals surface area contributed by atoms with Gasteiger partial charge in [0, 0.05) is 21.7 Å². The molecular weight excluding hydrogens is 380 g/mol. The van der Waals surface area contributed by atoms with Crippen molar-refractivity contribution in [2.45, 2.75) is 12.8 Å². The van der Waals surface area contributed by atoms with Crippen LogP contribution in [0.15, 0.2) is 53.0 Å². The summed E-state index contributed by atoms with van der Waals surface area (Å²) in [5.41, 5.74) is 1.69. The zero-order chi connectivity index (χ0) is 16.7. The second kappa shape index (κ2) is 8.70. The zero-order valence-corrected chi connectivity index (χ0v) is 14.7. The lowest BCUT2D eigenvalue weighted by Gasteiger charge is -2.07. The first-order valence-corrected chi connectivity index (χ1v) is 8.26. The molecule has 0 unspecified atom stereocenters. The molecular formula is C17H16BrClN2O2. The van der Waals surface area contributed by atoms with Crippen molar-refractivity contribution in [1.29, 1.82) is 0 Å². The van der Waals surface area contributed by atoms with Crippen LogP contribution >= 0.6 is 27.5 Å². The standard InChI is InChI=1S/C17H16BrClN2O2/c18-13-4-2-6-15(10-13)21-17(23)11-16(22)20-8-7-12-3-1-5-14(19)9-12/h1-6,9-10H,7-8,11H2,(H,20,22)(H,21,23). The number of hydrogen-bond donors (Lipinski definition) is 2. The molecule has 0 aliphatic heterocycles. The maximum Gasteiger partial charge on any atom is 0.233 e. The van der Waals surface area contributed by atoms with E-state index in [2.05, 4.69) is 26.6 Å². The molecule has 4 nitrogen and oxygen atoms in total. The van der Waals surface area contributed by atoms with Crippen LogP contribution in [-0.2, 0) is 16.0 Å². The Morgan fingerprint density at radius 2 is 1.83 bits per heavy atom. The van der Waals surface area contributed by atoms with Crippen molar-refractivity contribution >= 4 is 45.0 Å². The molecule has 2 aromatic rings. The number of carbonyl (C=O) groups is 2. The summed E-state index contributed by atoms with van der Waals surface area (Å²) in [6.07, 6.45) is 0.460. The molecule has 0 aromatic heterocycles. The highest BCUT2D eigenvalue weighted by Gasteiger charge is 2.09. The number of benzene rings is 2. The van der Waals surface area contributed by atoms with Gasteiger partial charge in [0.1, 0.15) is 6.42 Å². The van der Waals surface area contributed by atoms with Gasteiger partial charge in [-0.3, -0.25) is 9.59 Å². The van der Waals surface area contributed by atoms with Crippen molar-refractivity contribution in [1.82, 2.24) is 5.32 Å². The molecule has 0 saturated heterocycles. The number of hydrogen-bond acceptors (Lipinski definition) is 2. The fraction of sp³-hybridized carbons (Fsp3) is 0.176. The summed E-state index contributed by atoms with van der Waals surface area (Å²) in [6, 6.07) is 14.7.